The van der Waals surface area contributed by atoms with E-state index in [4.69, 9.17) is 0 Å². The normalized spacial score (nSPS) is 14.6. The number of benzene rings is 2. The number of hydrogen-bond donors (Lipinski definition) is 2. The van der Waals surface area contributed by atoms with Gasteiger partial charge in [0.15, 0.2) is 0 Å². The molecular weight excluding hydrogens is 312 g/mol. The molecule has 5 heteroatoms. The highest BCUT2D eigenvalue weighted by Gasteiger charge is 2.22. The number of amides is 1. The van der Waals surface area contributed by atoms with E-state index in [0.717, 1.165) is 37.0 Å². The molecule has 0 atom stereocenters. The van der Waals surface area contributed by atoms with Crippen molar-refractivity contribution in [3.05, 3.63) is 65.6 Å². The maximum atomic E-state index is 12.9. The fourth-order valence-corrected chi connectivity index (χ4v) is 3.81. The van der Waals surface area contributed by atoms with Gasteiger partial charge < -0.3 is 14.9 Å². The lowest BCUT2D eigenvalue weighted by Gasteiger charge is -2.20. The molecule has 1 amide bonds. The number of rotatable bonds is 1. The van der Waals surface area contributed by atoms with Crippen LogP contribution in [0.15, 0.2) is 48.8 Å². The van der Waals surface area contributed by atoms with Crippen molar-refractivity contribution >= 4 is 27.8 Å². The van der Waals surface area contributed by atoms with Gasteiger partial charge in [-0.3, -0.25) is 4.79 Å². The first kappa shape index (κ1) is 14.3. The van der Waals surface area contributed by atoms with E-state index < -0.39 is 0 Å². The number of fused-ring (bicyclic) bond motifs is 4. The Bertz CT molecular complexity index is 1090. The monoisotopic (exact) mass is 330 g/mol. The van der Waals surface area contributed by atoms with E-state index in [-0.39, 0.29) is 5.91 Å². The van der Waals surface area contributed by atoms with Crippen molar-refractivity contribution in [3.8, 4) is 0 Å². The first-order valence-corrected chi connectivity index (χ1v) is 8.60. The molecule has 0 saturated heterocycles. The van der Waals surface area contributed by atoms with Gasteiger partial charge in [-0.2, -0.15) is 0 Å². The Labute approximate surface area is 144 Å². The van der Waals surface area contributed by atoms with E-state index in [9.17, 15) is 4.79 Å². The molecule has 25 heavy (non-hydrogen) atoms. The maximum Gasteiger partial charge on any atom is 0.253 e. The second kappa shape index (κ2) is 5.48. The molecule has 2 aromatic carbocycles. The second-order valence-electron chi connectivity index (χ2n) is 6.55. The lowest BCUT2D eigenvalue weighted by atomic mass is 10.1. The molecule has 1 aliphatic rings. The number of aromatic amines is 2. The summed E-state index contributed by atoms with van der Waals surface area (Å²) in [6, 6.07) is 14.1. The summed E-state index contributed by atoms with van der Waals surface area (Å²) in [6.07, 6.45) is 3.40. The molecule has 4 aromatic rings. The Morgan fingerprint density at radius 3 is 2.88 bits per heavy atom. The molecule has 5 nitrogen and oxygen atoms in total. The Morgan fingerprint density at radius 2 is 1.92 bits per heavy atom. The minimum absolute atomic E-state index is 0.0889. The SMILES string of the molecule is O=C(c1ccc2nc[nH]c2c1)N1CCc2[nH]c3ccccc3c2CC1. The zero-order valence-corrected chi connectivity index (χ0v) is 13.7. The van der Waals surface area contributed by atoms with Crippen LogP contribution in [0.1, 0.15) is 21.6 Å². The van der Waals surface area contributed by atoms with Crippen LogP contribution in [0.3, 0.4) is 0 Å². The summed E-state index contributed by atoms with van der Waals surface area (Å²) < 4.78 is 0. The van der Waals surface area contributed by atoms with Gasteiger partial charge >= 0.3 is 0 Å². The molecule has 0 unspecified atom stereocenters. The molecule has 1 aliphatic heterocycles. The Hall–Kier alpha value is -3.08. The van der Waals surface area contributed by atoms with Gasteiger partial charge in [-0.05, 0) is 36.2 Å². The second-order valence-corrected chi connectivity index (χ2v) is 6.55. The van der Waals surface area contributed by atoms with Gasteiger partial charge in [0.2, 0.25) is 0 Å². The highest BCUT2D eigenvalue weighted by atomic mass is 16.2. The lowest BCUT2D eigenvalue weighted by Crippen LogP contribution is -2.33. The van der Waals surface area contributed by atoms with Gasteiger partial charge in [-0.25, -0.2) is 4.98 Å². The van der Waals surface area contributed by atoms with Crippen molar-refractivity contribution < 1.29 is 4.79 Å². The number of imidazole rings is 1. The van der Waals surface area contributed by atoms with Crippen LogP contribution in [0.2, 0.25) is 0 Å². The van der Waals surface area contributed by atoms with Crippen LogP contribution in [0.4, 0.5) is 0 Å². The van der Waals surface area contributed by atoms with Crippen LogP contribution in [0.5, 0.6) is 0 Å². The van der Waals surface area contributed by atoms with Crippen molar-refractivity contribution in [2.24, 2.45) is 0 Å². The zero-order chi connectivity index (χ0) is 16.8. The molecule has 0 spiro atoms. The van der Waals surface area contributed by atoms with Crippen LogP contribution in [-0.4, -0.2) is 38.8 Å². The average molecular weight is 330 g/mol. The number of nitrogens with one attached hydrogen (secondary N) is 2. The van der Waals surface area contributed by atoms with Gasteiger partial charge in [-0.15, -0.1) is 0 Å². The standard InChI is InChI=1S/C20H18N4O/c25-20(13-5-6-18-19(11-13)22-12-21-18)24-9-7-15-14-3-1-2-4-16(14)23-17(15)8-10-24/h1-6,11-12,23H,7-10H2,(H,21,22). The summed E-state index contributed by atoms with van der Waals surface area (Å²) >= 11 is 0. The smallest absolute Gasteiger partial charge is 0.253 e. The molecule has 0 fully saturated rings. The van der Waals surface area contributed by atoms with E-state index >= 15 is 0 Å². The van der Waals surface area contributed by atoms with Crippen LogP contribution in [-0.2, 0) is 12.8 Å². The third kappa shape index (κ3) is 2.31. The molecule has 0 aliphatic carbocycles. The van der Waals surface area contributed by atoms with Crippen molar-refractivity contribution in [1.82, 2.24) is 19.9 Å². The topological polar surface area (TPSA) is 64.8 Å². The van der Waals surface area contributed by atoms with Crippen LogP contribution in [0, 0.1) is 0 Å². The number of nitrogens with zero attached hydrogens (tertiary/aromatic N) is 2. The summed E-state index contributed by atoms with van der Waals surface area (Å²) in [5.41, 5.74) is 6.31. The lowest BCUT2D eigenvalue weighted by molar-refractivity contribution is 0.0763. The molecule has 3 heterocycles. The predicted molar refractivity (Wildman–Crippen MR) is 97.7 cm³/mol. The van der Waals surface area contributed by atoms with Gasteiger partial charge in [-0.1, -0.05) is 18.2 Å². The minimum Gasteiger partial charge on any atom is -0.358 e. The average Bonchev–Trinajstić information content (AvgIpc) is 3.19. The summed E-state index contributed by atoms with van der Waals surface area (Å²) in [5, 5.41) is 1.28. The predicted octanol–water partition coefficient (Wildman–Crippen LogP) is 3.29. The van der Waals surface area contributed by atoms with Crippen LogP contribution in [0.25, 0.3) is 21.9 Å². The first-order valence-electron chi connectivity index (χ1n) is 8.60. The number of hydrogen-bond acceptors (Lipinski definition) is 2. The summed E-state index contributed by atoms with van der Waals surface area (Å²) in [6.45, 7) is 1.48. The molecule has 124 valence electrons. The summed E-state index contributed by atoms with van der Waals surface area (Å²) in [7, 11) is 0. The van der Waals surface area contributed by atoms with E-state index in [1.165, 1.54) is 22.2 Å². The zero-order valence-electron chi connectivity index (χ0n) is 13.7. The van der Waals surface area contributed by atoms with Crippen molar-refractivity contribution in [3.63, 3.8) is 0 Å². The Balaban J connectivity index is 1.43. The molecule has 2 N–H and O–H groups in total. The van der Waals surface area contributed by atoms with E-state index in [2.05, 4.69) is 39.2 Å². The fourth-order valence-electron chi connectivity index (χ4n) is 3.81. The number of aromatic nitrogens is 3. The Kier molecular flexibility index (Phi) is 3.13. The molecule has 0 radical (unpaired) electrons. The third-order valence-electron chi connectivity index (χ3n) is 5.12. The largest absolute Gasteiger partial charge is 0.358 e. The highest BCUT2D eigenvalue weighted by Crippen LogP contribution is 2.26. The fraction of sp³-hybridized carbons (Fsp3) is 0.200. The van der Waals surface area contributed by atoms with Crippen LogP contribution >= 0.6 is 0 Å². The third-order valence-corrected chi connectivity index (χ3v) is 5.12. The Morgan fingerprint density at radius 1 is 1.04 bits per heavy atom. The molecule has 0 bridgehead atoms. The maximum absolute atomic E-state index is 12.9. The molecular formula is C20H18N4O. The van der Waals surface area contributed by atoms with Crippen molar-refractivity contribution in [1.29, 1.82) is 0 Å². The first-order chi connectivity index (χ1) is 12.3. The van der Waals surface area contributed by atoms with Crippen molar-refractivity contribution in [2.45, 2.75) is 12.8 Å². The van der Waals surface area contributed by atoms with Crippen LogP contribution < -0.4 is 0 Å². The van der Waals surface area contributed by atoms with E-state index in [0.29, 0.717) is 5.56 Å². The molecule has 0 saturated carbocycles. The van der Waals surface area contributed by atoms with Gasteiger partial charge in [0.1, 0.15) is 0 Å². The van der Waals surface area contributed by atoms with E-state index in [1.54, 1.807) is 6.33 Å². The highest BCUT2D eigenvalue weighted by molar-refractivity contribution is 5.97. The number of H-pyrrole nitrogens is 2. The quantitative estimate of drug-likeness (QED) is 0.562. The van der Waals surface area contributed by atoms with Gasteiger partial charge in [0.05, 0.1) is 17.4 Å². The number of para-hydroxylation sites is 1. The van der Waals surface area contributed by atoms with E-state index in [1.807, 2.05) is 23.1 Å². The molecule has 2 aromatic heterocycles. The minimum atomic E-state index is 0.0889. The number of carbonyl (C=O) groups excluding carboxylic acids is 1. The molecule has 5 rings (SSSR count). The summed E-state index contributed by atoms with van der Waals surface area (Å²) in [4.78, 5) is 25.7. The number of carbonyl (C=O) groups is 1. The van der Waals surface area contributed by atoms with Gasteiger partial charge in [0.25, 0.3) is 5.91 Å². The van der Waals surface area contributed by atoms with Crippen molar-refractivity contribution in [2.75, 3.05) is 13.1 Å². The summed E-state index contributed by atoms with van der Waals surface area (Å²) in [5.74, 6) is 0.0889. The van der Waals surface area contributed by atoms with Gasteiger partial charge in [0, 0.05) is 41.7 Å².